The van der Waals surface area contributed by atoms with Gasteiger partial charge < -0.3 is 10.1 Å². The van der Waals surface area contributed by atoms with E-state index in [0.29, 0.717) is 5.88 Å². The van der Waals surface area contributed by atoms with Crippen LogP contribution < -0.4 is 10.1 Å². The van der Waals surface area contributed by atoms with Crippen molar-refractivity contribution in [2.75, 3.05) is 7.05 Å². The predicted octanol–water partition coefficient (Wildman–Crippen LogP) is 2.37. The molecule has 0 aliphatic rings. The molecule has 1 aromatic rings. The maximum Gasteiger partial charge on any atom is 0.214 e. The van der Waals surface area contributed by atoms with Crippen molar-refractivity contribution in [1.82, 2.24) is 10.3 Å². The van der Waals surface area contributed by atoms with E-state index in [1.54, 1.807) is 0 Å². The highest BCUT2D eigenvalue weighted by molar-refractivity contribution is 5.16. The Balaban J connectivity index is 2.73. The molecule has 0 unspecified atom stereocenters. The molecule has 1 N–H and O–H groups in total. The summed E-state index contributed by atoms with van der Waals surface area (Å²) < 4.78 is 5.80. The van der Waals surface area contributed by atoms with Crippen LogP contribution in [0.25, 0.3) is 0 Å². The summed E-state index contributed by atoms with van der Waals surface area (Å²) in [6, 6.07) is 5.86. The van der Waals surface area contributed by atoms with E-state index >= 15 is 0 Å². The van der Waals surface area contributed by atoms with Crippen LogP contribution in [0.5, 0.6) is 5.88 Å². The Morgan fingerprint density at radius 1 is 1.40 bits per heavy atom. The zero-order chi connectivity index (χ0) is 11.3. The third-order valence-electron chi connectivity index (χ3n) is 2.37. The lowest BCUT2D eigenvalue weighted by Gasteiger charge is -2.24. The first-order valence-corrected chi connectivity index (χ1v) is 5.37. The zero-order valence-corrected chi connectivity index (χ0v) is 10.0. The normalized spacial score (nSPS) is 11.5. The lowest BCUT2D eigenvalue weighted by molar-refractivity contribution is 0.0987. The van der Waals surface area contributed by atoms with Gasteiger partial charge in [0, 0.05) is 12.6 Å². The first-order chi connectivity index (χ1) is 7.07. The molecule has 1 rings (SSSR count). The maximum atomic E-state index is 5.80. The summed E-state index contributed by atoms with van der Waals surface area (Å²) in [7, 11) is 1.91. The number of aromatic nitrogens is 1. The van der Waals surface area contributed by atoms with Crippen molar-refractivity contribution in [2.24, 2.45) is 0 Å². The van der Waals surface area contributed by atoms with E-state index in [9.17, 15) is 0 Å². The van der Waals surface area contributed by atoms with Gasteiger partial charge in [0.25, 0.3) is 0 Å². The summed E-state index contributed by atoms with van der Waals surface area (Å²) in [5.74, 6) is 0.703. The van der Waals surface area contributed by atoms with E-state index in [4.69, 9.17) is 4.74 Å². The van der Waals surface area contributed by atoms with Gasteiger partial charge in [-0.25, -0.2) is 4.98 Å². The average Bonchev–Trinajstić information content (AvgIpc) is 2.18. The van der Waals surface area contributed by atoms with Crippen LogP contribution in [-0.2, 0) is 6.54 Å². The smallest absolute Gasteiger partial charge is 0.214 e. The lowest BCUT2D eigenvalue weighted by Crippen LogP contribution is -2.27. The molecule has 0 atom stereocenters. The molecule has 15 heavy (non-hydrogen) atoms. The Morgan fingerprint density at radius 2 is 2.13 bits per heavy atom. The number of pyridine rings is 1. The van der Waals surface area contributed by atoms with Crippen LogP contribution in [0.3, 0.4) is 0 Å². The highest BCUT2D eigenvalue weighted by Crippen LogP contribution is 2.18. The molecule has 3 heteroatoms. The van der Waals surface area contributed by atoms with Crippen LogP contribution in [0.4, 0.5) is 0 Å². The second-order valence-corrected chi connectivity index (χ2v) is 4.21. The largest absolute Gasteiger partial charge is 0.472 e. The molecule has 0 fully saturated rings. The molecule has 1 aromatic heterocycles. The van der Waals surface area contributed by atoms with Gasteiger partial charge in [0.15, 0.2) is 0 Å². The van der Waals surface area contributed by atoms with E-state index in [1.165, 1.54) is 0 Å². The van der Waals surface area contributed by atoms with E-state index in [2.05, 4.69) is 31.1 Å². The highest BCUT2D eigenvalue weighted by atomic mass is 16.5. The molecule has 0 aliphatic carbocycles. The first-order valence-electron chi connectivity index (χ1n) is 5.37. The van der Waals surface area contributed by atoms with E-state index in [1.807, 2.05) is 25.2 Å². The van der Waals surface area contributed by atoms with Crippen molar-refractivity contribution in [3.63, 3.8) is 0 Å². The van der Waals surface area contributed by atoms with Crippen molar-refractivity contribution in [3.8, 4) is 5.88 Å². The molecule has 0 aliphatic heterocycles. The monoisotopic (exact) mass is 208 g/mol. The SMILES string of the molecule is CCC(C)(C)Oc1cccc(CNC)n1. The van der Waals surface area contributed by atoms with Gasteiger partial charge >= 0.3 is 0 Å². The minimum absolute atomic E-state index is 0.148. The summed E-state index contributed by atoms with van der Waals surface area (Å²) >= 11 is 0. The Bertz CT molecular complexity index is 310. The fourth-order valence-corrected chi connectivity index (χ4v) is 1.15. The van der Waals surface area contributed by atoms with E-state index in [-0.39, 0.29) is 5.60 Å². The fourth-order valence-electron chi connectivity index (χ4n) is 1.15. The molecular formula is C12H20N2O. The van der Waals surface area contributed by atoms with Crippen LogP contribution in [-0.4, -0.2) is 17.6 Å². The van der Waals surface area contributed by atoms with E-state index in [0.717, 1.165) is 18.7 Å². The van der Waals surface area contributed by atoms with Crippen molar-refractivity contribution < 1.29 is 4.74 Å². The maximum absolute atomic E-state index is 5.80. The Morgan fingerprint density at radius 3 is 2.73 bits per heavy atom. The minimum Gasteiger partial charge on any atom is -0.472 e. The van der Waals surface area contributed by atoms with Gasteiger partial charge in [0.2, 0.25) is 5.88 Å². The topological polar surface area (TPSA) is 34.1 Å². The van der Waals surface area contributed by atoms with Gasteiger partial charge in [-0.2, -0.15) is 0 Å². The van der Waals surface area contributed by atoms with Gasteiger partial charge in [-0.15, -0.1) is 0 Å². The fraction of sp³-hybridized carbons (Fsp3) is 0.583. The molecule has 0 saturated heterocycles. The standard InChI is InChI=1S/C12H20N2O/c1-5-12(2,3)15-11-8-6-7-10(14-11)9-13-4/h6-8,13H,5,9H2,1-4H3. The third-order valence-corrected chi connectivity index (χ3v) is 2.37. The molecule has 0 bridgehead atoms. The van der Waals surface area contributed by atoms with Crippen LogP contribution in [0, 0.1) is 0 Å². The predicted molar refractivity (Wildman–Crippen MR) is 62.0 cm³/mol. The third kappa shape index (κ3) is 3.88. The van der Waals surface area contributed by atoms with Crippen molar-refractivity contribution in [3.05, 3.63) is 23.9 Å². The molecule has 84 valence electrons. The number of ether oxygens (including phenoxy) is 1. The zero-order valence-electron chi connectivity index (χ0n) is 10.0. The number of rotatable bonds is 5. The molecule has 3 nitrogen and oxygen atoms in total. The van der Waals surface area contributed by atoms with Gasteiger partial charge in [0.1, 0.15) is 5.60 Å². The average molecular weight is 208 g/mol. The summed E-state index contributed by atoms with van der Waals surface area (Å²) in [5, 5.41) is 3.07. The highest BCUT2D eigenvalue weighted by Gasteiger charge is 2.17. The number of hydrogen-bond donors (Lipinski definition) is 1. The molecule has 0 saturated carbocycles. The number of hydrogen-bond acceptors (Lipinski definition) is 3. The molecule has 0 spiro atoms. The Hall–Kier alpha value is -1.09. The lowest BCUT2D eigenvalue weighted by atomic mass is 10.1. The van der Waals surface area contributed by atoms with Crippen LogP contribution >= 0.6 is 0 Å². The van der Waals surface area contributed by atoms with Crippen molar-refractivity contribution in [2.45, 2.75) is 39.3 Å². The van der Waals surface area contributed by atoms with Gasteiger partial charge in [-0.05, 0) is 33.4 Å². The quantitative estimate of drug-likeness (QED) is 0.806. The Kier molecular flexibility index (Phi) is 4.09. The summed E-state index contributed by atoms with van der Waals surface area (Å²) in [6.45, 7) is 7.01. The molecule has 0 aromatic carbocycles. The summed E-state index contributed by atoms with van der Waals surface area (Å²) in [6.07, 6.45) is 0.963. The molecule has 1 heterocycles. The second-order valence-electron chi connectivity index (χ2n) is 4.21. The van der Waals surface area contributed by atoms with Crippen LogP contribution in [0.2, 0.25) is 0 Å². The Labute approximate surface area is 91.9 Å². The van der Waals surface area contributed by atoms with Gasteiger partial charge in [-0.1, -0.05) is 13.0 Å². The summed E-state index contributed by atoms with van der Waals surface area (Å²) in [4.78, 5) is 4.41. The first kappa shape index (κ1) is 12.0. The van der Waals surface area contributed by atoms with Crippen molar-refractivity contribution in [1.29, 1.82) is 0 Å². The molecule has 0 radical (unpaired) electrons. The molecular weight excluding hydrogens is 188 g/mol. The van der Waals surface area contributed by atoms with Crippen LogP contribution in [0.1, 0.15) is 32.9 Å². The van der Waals surface area contributed by atoms with Crippen LogP contribution in [0.15, 0.2) is 18.2 Å². The van der Waals surface area contributed by atoms with Gasteiger partial charge in [-0.3, -0.25) is 0 Å². The second kappa shape index (κ2) is 5.12. The molecule has 0 amide bonds. The number of nitrogens with zero attached hydrogens (tertiary/aromatic N) is 1. The number of nitrogens with one attached hydrogen (secondary N) is 1. The minimum atomic E-state index is -0.148. The van der Waals surface area contributed by atoms with Gasteiger partial charge in [0.05, 0.1) is 5.69 Å². The summed E-state index contributed by atoms with van der Waals surface area (Å²) in [5.41, 5.74) is 0.854. The van der Waals surface area contributed by atoms with Crippen molar-refractivity contribution >= 4 is 0 Å². The van der Waals surface area contributed by atoms with E-state index < -0.39 is 0 Å².